The predicted molar refractivity (Wildman–Crippen MR) is 56.8 cm³/mol. The smallest absolute Gasteiger partial charge is 0.113 e. The summed E-state index contributed by atoms with van der Waals surface area (Å²) in [7, 11) is 5.67. The van der Waals surface area contributed by atoms with E-state index in [0.29, 0.717) is 5.88 Å². The van der Waals surface area contributed by atoms with Crippen molar-refractivity contribution < 1.29 is 0 Å². The molecule has 0 bridgehead atoms. The maximum absolute atomic E-state index is 5.77. The van der Waals surface area contributed by atoms with Crippen molar-refractivity contribution in [3.05, 3.63) is 29.1 Å². The van der Waals surface area contributed by atoms with Gasteiger partial charge in [-0.25, -0.2) is 0 Å². The summed E-state index contributed by atoms with van der Waals surface area (Å²) in [6.45, 7) is 0. The molecule has 0 spiro atoms. The summed E-state index contributed by atoms with van der Waals surface area (Å²) in [6.07, 6.45) is 0. The molecule has 58 valence electrons. The van der Waals surface area contributed by atoms with Crippen molar-refractivity contribution in [3.63, 3.8) is 0 Å². The highest BCUT2D eigenvalue weighted by Gasteiger charge is 2.01. The first kappa shape index (κ1) is 8.15. The fraction of sp³-hybridized carbons (Fsp3) is 0.111. The van der Waals surface area contributed by atoms with Crippen LogP contribution in [-0.2, 0) is 5.88 Å². The quantitative estimate of drug-likeness (QED) is 0.481. The highest BCUT2D eigenvalue weighted by molar-refractivity contribution is 7.17. The zero-order chi connectivity index (χ0) is 8.55. The molecule has 12 heavy (non-hydrogen) atoms. The van der Waals surface area contributed by atoms with Crippen LogP contribution in [-0.4, -0.2) is 7.85 Å². The van der Waals surface area contributed by atoms with Gasteiger partial charge in [-0.15, -0.1) is 22.9 Å². The lowest BCUT2D eigenvalue weighted by Gasteiger charge is -1.94. The van der Waals surface area contributed by atoms with Crippen LogP contribution in [0, 0.1) is 0 Å². The Labute approximate surface area is 81.6 Å². The lowest BCUT2D eigenvalue weighted by Crippen LogP contribution is -1.99. The van der Waals surface area contributed by atoms with Gasteiger partial charge in [-0.05, 0) is 22.4 Å². The van der Waals surface area contributed by atoms with Crippen LogP contribution in [0.15, 0.2) is 23.6 Å². The van der Waals surface area contributed by atoms with Crippen molar-refractivity contribution in [1.29, 1.82) is 0 Å². The Morgan fingerprint density at radius 3 is 3.00 bits per heavy atom. The summed E-state index contributed by atoms with van der Waals surface area (Å²) in [5.41, 5.74) is 1.97. The SMILES string of the molecule is [B]c1ccc2scc(CCl)c2c1. The Morgan fingerprint density at radius 1 is 1.42 bits per heavy atom. The Balaban J connectivity index is 2.75. The number of rotatable bonds is 1. The second kappa shape index (κ2) is 3.12. The molecule has 0 fully saturated rings. The zero-order valence-electron chi connectivity index (χ0n) is 6.38. The minimum Gasteiger partial charge on any atom is -0.143 e. The van der Waals surface area contributed by atoms with Crippen LogP contribution in [0.2, 0.25) is 0 Å². The van der Waals surface area contributed by atoms with Gasteiger partial charge in [-0.2, -0.15) is 0 Å². The van der Waals surface area contributed by atoms with Gasteiger partial charge in [0.2, 0.25) is 0 Å². The summed E-state index contributed by atoms with van der Waals surface area (Å²) in [6, 6.07) is 5.92. The lowest BCUT2D eigenvalue weighted by molar-refractivity contribution is 1.50. The van der Waals surface area contributed by atoms with E-state index in [4.69, 9.17) is 19.4 Å². The molecule has 2 rings (SSSR count). The van der Waals surface area contributed by atoms with Crippen molar-refractivity contribution in [2.75, 3.05) is 0 Å². The van der Waals surface area contributed by atoms with E-state index >= 15 is 0 Å². The molecule has 2 aromatic rings. The summed E-state index contributed by atoms with van der Waals surface area (Å²) in [5.74, 6) is 0.559. The molecule has 0 aliphatic heterocycles. The molecule has 0 amide bonds. The Morgan fingerprint density at radius 2 is 2.25 bits per heavy atom. The van der Waals surface area contributed by atoms with Gasteiger partial charge < -0.3 is 0 Å². The highest BCUT2D eigenvalue weighted by Crippen LogP contribution is 2.25. The molecule has 0 saturated heterocycles. The number of alkyl halides is 1. The van der Waals surface area contributed by atoms with E-state index in [2.05, 4.69) is 5.38 Å². The maximum Gasteiger partial charge on any atom is 0.113 e. The van der Waals surface area contributed by atoms with E-state index in [1.165, 1.54) is 15.6 Å². The molecule has 3 heteroatoms. The van der Waals surface area contributed by atoms with E-state index in [9.17, 15) is 0 Å². The van der Waals surface area contributed by atoms with Crippen LogP contribution in [0.1, 0.15) is 5.56 Å². The largest absolute Gasteiger partial charge is 0.143 e. The maximum atomic E-state index is 5.77. The normalized spacial score (nSPS) is 10.8. The minimum atomic E-state index is 0.559. The number of benzene rings is 1. The molecule has 0 atom stereocenters. The van der Waals surface area contributed by atoms with Gasteiger partial charge in [0, 0.05) is 10.6 Å². The first-order valence-electron chi connectivity index (χ1n) is 3.63. The van der Waals surface area contributed by atoms with E-state index < -0.39 is 0 Å². The second-order valence-corrected chi connectivity index (χ2v) is 3.83. The van der Waals surface area contributed by atoms with Crippen LogP contribution < -0.4 is 5.46 Å². The monoisotopic (exact) mass is 192 g/mol. The number of hydrogen-bond donors (Lipinski definition) is 0. The molecular weight excluding hydrogens is 186 g/mol. The number of halogens is 1. The Hall–Kier alpha value is -0.465. The topological polar surface area (TPSA) is 0 Å². The van der Waals surface area contributed by atoms with Gasteiger partial charge in [-0.3, -0.25) is 0 Å². The predicted octanol–water partition coefficient (Wildman–Crippen LogP) is 2.43. The molecule has 1 aromatic carbocycles. The van der Waals surface area contributed by atoms with Gasteiger partial charge in [0.05, 0.1) is 0 Å². The molecule has 0 saturated carbocycles. The number of thiophene rings is 1. The first-order valence-corrected chi connectivity index (χ1v) is 5.04. The van der Waals surface area contributed by atoms with Crippen molar-refractivity contribution in [1.82, 2.24) is 0 Å². The summed E-state index contributed by atoms with van der Waals surface area (Å²) in [4.78, 5) is 0. The van der Waals surface area contributed by atoms with E-state index in [0.717, 1.165) is 5.46 Å². The molecule has 0 nitrogen and oxygen atoms in total. The molecular formula is C9H6BClS. The Kier molecular flexibility index (Phi) is 2.12. The molecule has 0 aliphatic rings. The number of fused-ring (bicyclic) bond motifs is 1. The van der Waals surface area contributed by atoms with Crippen LogP contribution >= 0.6 is 22.9 Å². The third kappa shape index (κ3) is 1.25. The van der Waals surface area contributed by atoms with Crippen LogP contribution in [0.5, 0.6) is 0 Å². The van der Waals surface area contributed by atoms with Gasteiger partial charge in [-0.1, -0.05) is 17.6 Å². The standard InChI is InChI=1S/C9H6BClS/c10-7-1-2-9-8(3-7)6(4-11)5-12-9/h1-3,5H,4H2. The average Bonchev–Trinajstić information content (AvgIpc) is 2.46. The van der Waals surface area contributed by atoms with Gasteiger partial charge in [0.25, 0.3) is 0 Å². The summed E-state index contributed by atoms with van der Waals surface area (Å²) in [5, 5.41) is 3.27. The second-order valence-electron chi connectivity index (χ2n) is 2.65. The van der Waals surface area contributed by atoms with Crippen LogP contribution in [0.4, 0.5) is 0 Å². The van der Waals surface area contributed by atoms with Gasteiger partial charge in [0.15, 0.2) is 0 Å². The van der Waals surface area contributed by atoms with Crippen molar-refractivity contribution in [2.45, 2.75) is 5.88 Å². The molecule has 0 N–H and O–H groups in total. The highest BCUT2D eigenvalue weighted by atomic mass is 35.5. The number of hydrogen-bond acceptors (Lipinski definition) is 1. The zero-order valence-corrected chi connectivity index (χ0v) is 7.95. The lowest BCUT2D eigenvalue weighted by atomic mass is 9.95. The van der Waals surface area contributed by atoms with Crippen molar-refractivity contribution in [3.8, 4) is 0 Å². The summed E-state index contributed by atoms with van der Waals surface area (Å²) >= 11 is 7.47. The molecule has 0 unspecified atom stereocenters. The summed E-state index contributed by atoms with van der Waals surface area (Å²) < 4.78 is 1.25. The molecule has 0 aliphatic carbocycles. The fourth-order valence-electron chi connectivity index (χ4n) is 1.20. The van der Waals surface area contributed by atoms with E-state index in [1.54, 1.807) is 11.3 Å². The first-order chi connectivity index (χ1) is 5.81. The minimum absolute atomic E-state index is 0.559. The van der Waals surface area contributed by atoms with Crippen molar-refractivity contribution >= 4 is 46.3 Å². The van der Waals surface area contributed by atoms with Crippen LogP contribution in [0.25, 0.3) is 10.1 Å². The fourth-order valence-corrected chi connectivity index (χ4v) is 2.46. The van der Waals surface area contributed by atoms with E-state index in [-0.39, 0.29) is 0 Å². The van der Waals surface area contributed by atoms with Crippen molar-refractivity contribution in [2.24, 2.45) is 0 Å². The average molecular weight is 192 g/mol. The van der Waals surface area contributed by atoms with Gasteiger partial charge in [0.1, 0.15) is 7.85 Å². The molecule has 1 aromatic heterocycles. The third-order valence-corrected chi connectivity index (χ3v) is 3.12. The Bertz CT molecular complexity index is 408. The molecule has 1 heterocycles. The molecule has 2 radical (unpaired) electrons. The van der Waals surface area contributed by atoms with Gasteiger partial charge >= 0.3 is 0 Å². The third-order valence-electron chi connectivity index (χ3n) is 1.82. The van der Waals surface area contributed by atoms with Crippen LogP contribution in [0.3, 0.4) is 0 Å². The van der Waals surface area contributed by atoms with E-state index in [1.807, 2.05) is 18.2 Å².